The number of rotatable bonds is 6. The van der Waals surface area contributed by atoms with Crippen LogP contribution in [-0.2, 0) is 10.8 Å². The highest BCUT2D eigenvalue weighted by Crippen LogP contribution is 2.26. The van der Waals surface area contributed by atoms with E-state index in [0.29, 0.717) is 6.42 Å². The third-order valence-corrected chi connectivity index (χ3v) is 4.68. The molecule has 23 heavy (non-hydrogen) atoms. The Morgan fingerprint density at radius 3 is 2.30 bits per heavy atom. The molecule has 0 amide bonds. The number of nitrogens with zero attached hydrogens (tertiary/aromatic N) is 2. The molecular weight excluding hydrogens is 347 g/mol. The molecule has 0 spiro atoms. The van der Waals surface area contributed by atoms with Crippen LogP contribution in [0.15, 0.2) is 30.3 Å². The molecule has 1 atom stereocenters. The zero-order valence-corrected chi connectivity index (χ0v) is 16.4. The molecule has 0 fully saturated rings. The molecule has 3 nitrogen and oxygen atoms in total. The largest absolute Gasteiger partial charge is 0.409 e. The third kappa shape index (κ3) is 5.88. The Hall–Kier alpha value is -0.943. The van der Waals surface area contributed by atoms with Crippen molar-refractivity contribution < 1.29 is 4.43 Å². The fourth-order valence-corrected chi connectivity index (χ4v) is 3.80. The van der Waals surface area contributed by atoms with Gasteiger partial charge in [0.05, 0.1) is 17.5 Å². The van der Waals surface area contributed by atoms with E-state index >= 15 is 0 Å². The minimum atomic E-state index is -1.66. The molecule has 0 aliphatic heterocycles. The van der Waals surface area contributed by atoms with Gasteiger partial charge < -0.3 is 4.43 Å². The zero-order valence-electron chi connectivity index (χ0n) is 13.9. The molecule has 0 radical (unpaired) electrons. The van der Waals surface area contributed by atoms with Gasteiger partial charge in [-0.1, -0.05) is 30.7 Å². The smallest absolute Gasteiger partial charge is 0.222 e. The lowest BCUT2D eigenvalue weighted by Gasteiger charge is -2.25. The van der Waals surface area contributed by atoms with Crippen LogP contribution in [0.2, 0.25) is 29.9 Å². The van der Waals surface area contributed by atoms with Gasteiger partial charge in [0.1, 0.15) is 0 Å². The Kier molecular flexibility index (Phi) is 6.20. The molecule has 1 aromatic carbocycles. The van der Waals surface area contributed by atoms with E-state index in [2.05, 4.69) is 36.5 Å². The first-order chi connectivity index (χ1) is 10.8. The van der Waals surface area contributed by atoms with Crippen LogP contribution in [0, 0.1) is 0 Å². The van der Waals surface area contributed by atoms with Crippen LogP contribution in [-0.4, -0.2) is 18.3 Å². The second kappa shape index (κ2) is 7.75. The summed E-state index contributed by atoms with van der Waals surface area (Å²) >= 11 is 12.1. The summed E-state index contributed by atoms with van der Waals surface area (Å²) in [6, 6.07) is 9.74. The van der Waals surface area contributed by atoms with Gasteiger partial charge in [-0.05, 0) is 61.4 Å². The molecule has 1 unspecified atom stereocenters. The Balaban J connectivity index is 2.25. The summed E-state index contributed by atoms with van der Waals surface area (Å²) < 4.78 is 6.22. The van der Waals surface area contributed by atoms with Crippen LogP contribution in [0.3, 0.4) is 0 Å². The molecule has 0 N–H and O–H groups in total. The number of halogens is 2. The molecule has 0 saturated heterocycles. The summed E-state index contributed by atoms with van der Waals surface area (Å²) in [6.45, 7) is 8.62. The van der Waals surface area contributed by atoms with E-state index in [1.54, 1.807) is 0 Å². The molecule has 6 heteroatoms. The molecule has 0 aliphatic rings. The van der Waals surface area contributed by atoms with E-state index in [1.807, 2.05) is 30.3 Å². The molecule has 0 bridgehead atoms. The zero-order chi connectivity index (χ0) is 17.0. The molecule has 1 aromatic heterocycles. The maximum absolute atomic E-state index is 6.22. The van der Waals surface area contributed by atoms with Crippen molar-refractivity contribution in [1.29, 1.82) is 0 Å². The van der Waals surface area contributed by atoms with Crippen molar-refractivity contribution in [3.8, 4) is 0 Å². The van der Waals surface area contributed by atoms with E-state index in [1.165, 1.54) is 0 Å². The van der Waals surface area contributed by atoms with Crippen LogP contribution in [0.4, 0.5) is 0 Å². The van der Waals surface area contributed by atoms with E-state index in [-0.39, 0.29) is 11.4 Å². The SMILES string of the molecule is CCC(O[Si](C)(C)C)c1cc(Cc2ccc(Cl)cc2)nc(Cl)n1. The molecular formula is C17H22Cl2N2OSi. The summed E-state index contributed by atoms with van der Waals surface area (Å²) in [5, 5.41) is 0.994. The molecule has 124 valence electrons. The minimum Gasteiger partial charge on any atom is -0.409 e. The highest BCUT2D eigenvalue weighted by Gasteiger charge is 2.23. The Morgan fingerprint density at radius 2 is 1.74 bits per heavy atom. The summed E-state index contributed by atoms with van der Waals surface area (Å²) in [4.78, 5) is 8.72. The Morgan fingerprint density at radius 1 is 1.09 bits per heavy atom. The van der Waals surface area contributed by atoms with Gasteiger partial charge >= 0.3 is 0 Å². The predicted octanol–water partition coefficient (Wildman–Crippen LogP) is 5.68. The van der Waals surface area contributed by atoms with Crippen molar-refractivity contribution in [3.63, 3.8) is 0 Å². The van der Waals surface area contributed by atoms with Gasteiger partial charge in [-0.3, -0.25) is 0 Å². The van der Waals surface area contributed by atoms with Gasteiger partial charge in [-0.2, -0.15) is 0 Å². The van der Waals surface area contributed by atoms with Crippen LogP contribution in [0.25, 0.3) is 0 Å². The first-order valence-electron chi connectivity index (χ1n) is 7.72. The van der Waals surface area contributed by atoms with Crippen molar-refractivity contribution in [2.75, 3.05) is 0 Å². The van der Waals surface area contributed by atoms with Crippen molar-refractivity contribution in [3.05, 3.63) is 57.6 Å². The van der Waals surface area contributed by atoms with Crippen molar-refractivity contribution in [1.82, 2.24) is 9.97 Å². The Labute approximate surface area is 149 Å². The van der Waals surface area contributed by atoms with E-state index in [9.17, 15) is 0 Å². The normalized spacial score (nSPS) is 13.1. The van der Waals surface area contributed by atoms with Gasteiger partial charge in [0.15, 0.2) is 8.32 Å². The Bertz CT molecular complexity index is 657. The van der Waals surface area contributed by atoms with Crippen LogP contribution >= 0.6 is 23.2 Å². The second-order valence-electron chi connectivity index (χ2n) is 6.48. The molecule has 0 saturated carbocycles. The molecule has 2 aromatic rings. The standard InChI is InChI=1S/C17H22Cl2N2OSi/c1-5-16(22-23(2,3)4)15-11-14(20-17(19)21-15)10-12-6-8-13(18)9-7-12/h6-9,11,16H,5,10H2,1-4H3. The van der Waals surface area contributed by atoms with E-state index in [4.69, 9.17) is 27.6 Å². The summed E-state index contributed by atoms with van der Waals surface area (Å²) in [6.07, 6.45) is 1.51. The van der Waals surface area contributed by atoms with Gasteiger partial charge in [-0.15, -0.1) is 0 Å². The maximum atomic E-state index is 6.22. The van der Waals surface area contributed by atoms with E-state index < -0.39 is 8.32 Å². The lowest BCUT2D eigenvalue weighted by atomic mass is 10.1. The van der Waals surface area contributed by atoms with Gasteiger partial charge in [0, 0.05) is 11.4 Å². The van der Waals surface area contributed by atoms with E-state index in [0.717, 1.165) is 28.4 Å². The number of hydrogen-bond donors (Lipinski definition) is 0. The lowest BCUT2D eigenvalue weighted by molar-refractivity contribution is 0.188. The minimum absolute atomic E-state index is 0.0360. The van der Waals surface area contributed by atoms with Crippen molar-refractivity contribution >= 4 is 31.5 Å². The quantitative estimate of drug-likeness (QED) is 0.486. The molecule has 2 rings (SSSR count). The second-order valence-corrected chi connectivity index (χ2v) is 11.7. The fourth-order valence-electron chi connectivity index (χ4n) is 2.33. The predicted molar refractivity (Wildman–Crippen MR) is 98.8 cm³/mol. The summed E-state index contributed by atoms with van der Waals surface area (Å²) in [5.74, 6) is 0. The van der Waals surface area contributed by atoms with Gasteiger partial charge in [-0.25, -0.2) is 9.97 Å². The number of benzene rings is 1. The van der Waals surface area contributed by atoms with Crippen molar-refractivity contribution in [2.24, 2.45) is 0 Å². The summed E-state index contributed by atoms with van der Waals surface area (Å²) in [7, 11) is -1.66. The molecule has 0 aliphatic carbocycles. The number of hydrogen-bond acceptors (Lipinski definition) is 3. The monoisotopic (exact) mass is 368 g/mol. The topological polar surface area (TPSA) is 35.0 Å². The van der Waals surface area contributed by atoms with Crippen molar-refractivity contribution in [2.45, 2.75) is 45.5 Å². The highest BCUT2D eigenvalue weighted by atomic mass is 35.5. The maximum Gasteiger partial charge on any atom is 0.222 e. The summed E-state index contributed by atoms with van der Waals surface area (Å²) in [5.41, 5.74) is 2.88. The molecule has 1 heterocycles. The first-order valence-corrected chi connectivity index (χ1v) is 11.9. The average molecular weight is 369 g/mol. The fraction of sp³-hybridized carbons (Fsp3) is 0.412. The van der Waals surface area contributed by atoms with Crippen LogP contribution in [0.1, 0.15) is 36.4 Å². The lowest BCUT2D eigenvalue weighted by Crippen LogP contribution is -2.28. The van der Waals surface area contributed by atoms with Gasteiger partial charge in [0.25, 0.3) is 0 Å². The average Bonchev–Trinajstić information content (AvgIpc) is 2.45. The first kappa shape index (κ1) is 18.4. The van der Waals surface area contributed by atoms with Gasteiger partial charge in [0.2, 0.25) is 5.28 Å². The highest BCUT2D eigenvalue weighted by molar-refractivity contribution is 6.69. The third-order valence-electron chi connectivity index (χ3n) is 3.27. The van der Waals surface area contributed by atoms with Crippen LogP contribution in [0.5, 0.6) is 0 Å². The van der Waals surface area contributed by atoms with Crippen LogP contribution < -0.4 is 0 Å². The number of aromatic nitrogens is 2.